The first kappa shape index (κ1) is 31.7. The molecule has 0 radical (unpaired) electrons. The Bertz CT molecular complexity index is 1850. The van der Waals surface area contributed by atoms with E-state index in [0.29, 0.717) is 37.7 Å². The Hall–Kier alpha value is -4.30. The number of hydrogen-bond donors (Lipinski definition) is 3. The van der Waals surface area contributed by atoms with Gasteiger partial charge >= 0.3 is 0 Å². The van der Waals surface area contributed by atoms with E-state index in [9.17, 15) is 28.3 Å². The van der Waals surface area contributed by atoms with Gasteiger partial charge in [0, 0.05) is 62.5 Å². The lowest BCUT2D eigenvalue weighted by molar-refractivity contribution is -0.120. The average molecular weight is 660 g/mol. The number of fused-ring (bicyclic) bond motifs is 2. The van der Waals surface area contributed by atoms with Crippen LogP contribution < -0.4 is 16.2 Å². The van der Waals surface area contributed by atoms with Crippen LogP contribution in [0.5, 0.6) is 5.75 Å². The quantitative estimate of drug-likeness (QED) is 0.261. The second kappa shape index (κ2) is 12.8. The predicted octanol–water partition coefficient (Wildman–Crippen LogP) is 3.33. The largest absolute Gasteiger partial charge is 0.504 e. The highest BCUT2D eigenvalue weighted by atomic mass is 35.5. The molecule has 46 heavy (non-hydrogen) atoms. The molecule has 1 atom stereocenters. The van der Waals surface area contributed by atoms with Crippen LogP contribution in [0.25, 0.3) is 22.2 Å². The number of likely N-dealkylation sites (N-methyl/N-ethyl adjacent to an activating group) is 1. The first-order chi connectivity index (χ1) is 22.1. The number of halogens is 4. The highest BCUT2D eigenvalue weighted by molar-refractivity contribution is 6.30. The molecule has 1 saturated heterocycles. The molecule has 6 rings (SSSR count). The van der Waals surface area contributed by atoms with E-state index in [1.807, 2.05) is 4.90 Å². The highest BCUT2D eigenvalue weighted by Crippen LogP contribution is 2.36. The third-order valence-corrected chi connectivity index (χ3v) is 9.14. The maximum absolute atomic E-state index is 15.3. The van der Waals surface area contributed by atoms with Gasteiger partial charge in [-0.3, -0.25) is 19.0 Å². The smallest absolute Gasteiger partial charge is 0.263 e. The predicted molar refractivity (Wildman–Crippen MR) is 165 cm³/mol. The van der Waals surface area contributed by atoms with Gasteiger partial charge in [-0.2, -0.15) is 4.39 Å². The molecule has 1 aromatic carbocycles. The zero-order chi connectivity index (χ0) is 32.7. The van der Waals surface area contributed by atoms with Crippen molar-refractivity contribution in [2.45, 2.75) is 52.0 Å². The first-order valence-corrected chi connectivity index (χ1v) is 15.6. The van der Waals surface area contributed by atoms with Crippen LogP contribution >= 0.6 is 11.6 Å². The summed E-state index contributed by atoms with van der Waals surface area (Å²) >= 11 is 6.27. The average Bonchev–Trinajstić information content (AvgIpc) is 3.22. The summed E-state index contributed by atoms with van der Waals surface area (Å²) in [6.45, 7) is 5.82. The van der Waals surface area contributed by atoms with Crippen molar-refractivity contribution in [3.8, 4) is 16.9 Å². The van der Waals surface area contributed by atoms with Crippen molar-refractivity contribution < 1.29 is 27.9 Å². The third-order valence-electron chi connectivity index (χ3n) is 8.75. The Balaban J connectivity index is 1.38. The number of rotatable bonds is 7. The summed E-state index contributed by atoms with van der Waals surface area (Å²) in [5.74, 6) is -3.94. The van der Waals surface area contributed by atoms with Gasteiger partial charge in [0.15, 0.2) is 17.9 Å². The van der Waals surface area contributed by atoms with Gasteiger partial charge in [0.2, 0.25) is 18.0 Å². The summed E-state index contributed by atoms with van der Waals surface area (Å²) in [7, 11) is 0. The number of carbonyl (C=O) groups is 2. The van der Waals surface area contributed by atoms with E-state index >= 15 is 4.39 Å². The minimum atomic E-state index is -1.75. The summed E-state index contributed by atoms with van der Waals surface area (Å²) < 4.78 is 47.7. The fourth-order valence-electron chi connectivity index (χ4n) is 6.21. The molecule has 244 valence electrons. The minimum absolute atomic E-state index is 0.0580. The Kier molecular flexibility index (Phi) is 8.84. The van der Waals surface area contributed by atoms with Crippen molar-refractivity contribution in [2.24, 2.45) is 0 Å². The normalized spacial score (nSPS) is 19.0. The molecule has 1 unspecified atom stereocenters. The number of phenolic OH excluding ortho intramolecular Hbond substituents is 1. The van der Waals surface area contributed by atoms with E-state index in [1.54, 1.807) is 6.08 Å². The number of nitrogens with zero attached hydrogens (tertiary/aromatic N) is 5. The van der Waals surface area contributed by atoms with Crippen molar-refractivity contribution in [1.29, 1.82) is 0 Å². The number of phenols is 1. The Morgan fingerprint density at radius 1 is 1.15 bits per heavy atom. The third kappa shape index (κ3) is 5.75. The van der Waals surface area contributed by atoms with E-state index < -0.39 is 52.8 Å². The van der Waals surface area contributed by atoms with Crippen LogP contribution in [0.1, 0.15) is 42.4 Å². The molecular weight excluding hydrogens is 627 g/mol. The number of aldehydes is 1. The van der Waals surface area contributed by atoms with Crippen LogP contribution in [0.15, 0.2) is 39.7 Å². The molecule has 5 heterocycles. The van der Waals surface area contributed by atoms with Crippen molar-refractivity contribution in [2.75, 3.05) is 32.7 Å². The molecule has 2 aromatic heterocycles. The summed E-state index contributed by atoms with van der Waals surface area (Å²) in [5, 5.41) is 15.0. The second-order valence-corrected chi connectivity index (χ2v) is 11.9. The van der Waals surface area contributed by atoms with Gasteiger partial charge in [-0.1, -0.05) is 24.9 Å². The monoisotopic (exact) mass is 659 g/mol. The molecule has 1 amide bonds. The van der Waals surface area contributed by atoms with E-state index in [2.05, 4.69) is 27.4 Å². The Morgan fingerprint density at radius 3 is 2.63 bits per heavy atom. The molecule has 11 nitrogen and oxygen atoms in total. The lowest BCUT2D eigenvalue weighted by Crippen LogP contribution is -2.50. The number of amides is 1. The van der Waals surface area contributed by atoms with Crippen LogP contribution in [-0.4, -0.2) is 80.2 Å². The zero-order valence-electron chi connectivity index (χ0n) is 25.1. The van der Waals surface area contributed by atoms with Crippen molar-refractivity contribution in [3.05, 3.63) is 68.3 Å². The fraction of sp³-hybridized carbons (Fsp3) is 0.419. The van der Waals surface area contributed by atoms with Crippen molar-refractivity contribution in [3.63, 3.8) is 0 Å². The number of aromatic nitrogens is 3. The van der Waals surface area contributed by atoms with Crippen molar-refractivity contribution >= 4 is 34.8 Å². The second-order valence-electron chi connectivity index (χ2n) is 11.5. The number of piperazine rings is 1. The summed E-state index contributed by atoms with van der Waals surface area (Å²) in [4.78, 5) is 47.8. The van der Waals surface area contributed by atoms with Crippen LogP contribution in [0, 0.1) is 11.6 Å². The van der Waals surface area contributed by atoms with Crippen LogP contribution in [0.4, 0.5) is 13.2 Å². The first-order valence-electron chi connectivity index (χ1n) is 15.2. The number of carbonyl (C=O) groups excluding carboxylic acids is 2. The maximum Gasteiger partial charge on any atom is 0.263 e. The summed E-state index contributed by atoms with van der Waals surface area (Å²) in [6, 6.07) is 0.948. The van der Waals surface area contributed by atoms with Gasteiger partial charge in [-0.05, 0) is 25.5 Å². The van der Waals surface area contributed by atoms with Gasteiger partial charge in [0.1, 0.15) is 23.8 Å². The molecule has 15 heteroatoms. The minimum Gasteiger partial charge on any atom is -0.504 e. The lowest BCUT2D eigenvalue weighted by atomic mass is 10.0. The number of hydrogen-bond acceptors (Lipinski definition) is 8. The van der Waals surface area contributed by atoms with E-state index in [1.165, 1.54) is 15.3 Å². The van der Waals surface area contributed by atoms with Crippen LogP contribution in [-0.2, 0) is 24.3 Å². The molecule has 0 aliphatic carbocycles. The number of allylic oxidation sites excluding steroid dienone is 1. The van der Waals surface area contributed by atoms with Gasteiger partial charge in [-0.25, -0.2) is 13.8 Å². The highest BCUT2D eigenvalue weighted by Gasteiger charge is 2.29. The number of aryl methyl sites for hydroxylation is 1. The lowest BCUT2D eigenvalue weighted by Gasteiger charge is -2.38. The van der Waals surface area contributed by atoms with Gasteiger partial charge in [0.25, 0.3) is 5.56 Å². The van der Waals surface area contributed by atoms with Crippen LogP contribution in [0.3, 0.4) is 0 Å². The van der Waals surface area contributed by atoms with E-state index in [0.717, 1.165) is 45.0 Å². The van der Waals surface area contributed by atoms with E-state index in [-0.39, 0.29) is 33.6 Å². The molecule has 0 bridgehead atoms. The zero-order valence-corrected chi connectivity index (χ0v) is 25.8. The number of benzene rings is 1. The number of dihydropyridines is 1. The van der Waals surface area contributed by atoms with Gasteiger partial charge < -0.3 is 30.1 Å². The van der Waals surface area contributed by atoms with Crippen LogP contribution in [0.2, 0.25) is 0 Å². The summed E-state index contributed by atoms with van der Waals surface area (Å²) in [6.07, 6.45) is 4.15. The number of nitrogens with one attached hydrogen (secondary N) is 2. The van der Waals surface area contributed by atoms with Gasteiger partial charge in [-0.15, -0.1) is 0 Å². The molecule has 0 spiro atoms. The fourth-order valence-corrected chi connectivity index (χ4v) is 6.37. The van der Waals surface area contributed by atoms with Crippen molar-refractivity contribution in [1.82, 2.24) is 34.6 Å². The molecule has 3 aliphatic heterocycles. The molecular formula is C31H33ClF3N7O4. The maximum atomic E-state index is 15.3. The SMILES string of the molecule is CCN1CCN(C2=CC(NC(=O)Cn3cc(-c4cc(C=O)c(O)c(F)c4F)c4c(=O)n5c(nc43)CCCCC5)=C(Cl)C(F)N2)CC1. The topological polar surface area (TPSA) is 125 Å². The van der Waals surface area contributed by atoms with Gasteiger partial charge in [0.05, 0.1) is 21.7 Å². The molecule has 0 saturated carbocycles. The molecule has 3 aromatic rings. The number of aromatic hydroxyl groups is 1. The summed E-state index contributed by atoms with van der Waals surface area (Å²) in [5.41, 5.74) is -1.45. The molecule has 3 N–H and O–H groups in total. The number of alkyl halides is 1. The van der Waals surface area contributed by atoms with E-state index in [4.69, 9.17) is 11.6 Å². The Labute approximate surface area is 266 Å². The Morgan fingerprint density at radius 2 is 1.91 bits per heavy atom. The standard InChI is InChI=1S/C31H33ClF3N7O4/c1-2-39-8-10-40(11-9-39)22-13-20(25(32)29(35)37-22)36-23(44)15-41-14-19(18-12-17(16-43)28(45)27(34)26(18)33)24-30(41)38-21-6-4-3-5-7-42(21)31(24)46/h12-14,16,29,37,45H,2-11,15H2,1H3,(H,36,44). The molecule has 3 aliphatic rings. The molecule has 1 fully saturated rings.